The number of rotatable bonds is 6. The van der Waals surface area contributed by atoms with Gasteiger partial charge in [-0.2, -0.15) is 0 Å². The van der Waals surface area contributed by atoms with Gasteiger partial charge in [0.25, 0.3) is 5.91 Å². The van der Waals surface area contributed by atoms with Crippen LogP contribution >= 0.6 is 0 Å². The molecule has 1 aliphatic rings. The van der Waals surface area contributed by atoms with Crippen molar-refractivity contribution in [2.45, 2.75) is 6.92 Å². The minimum absolute atomic E-state index is 0.137. The zero-order valence-electron chi connectivity index (χ0n) is 14.7. The molecule has 0 aliphatic carbocycles. The van der Waals surface area contributed by atoms with E-state index in [4.69, 9.17) is 9.15 Å². The summed E-state index contributed by atoms with van der Waals surface area (Å²) < 4.78 is 10.7. The van der Waals surface area contributed by atoms with Crippen LogP contribution < -0.4 is 5.32 Å². The number of benzene rings is 1. The molecule has 0 unspecified atom stereocenters. The quantitative estimate of drug-likeness (QED) is 0.367. The normalized spacial score (nSPS) is 15.1. The van der Waals surface area contributed by atoms with Crippen molar-refractivity contribution in [2.24, 2.45) is 0 Å². The first-order chi connectivity index (χ1) is 13.0. The molecule has 2 aromatic rings. The van der Waals surface area contributed by atoms with Crippen LogP contribution in [0.4, 0.5) is 4.79 Å². The first kappa shape index (κ1) is 18.2. The van der Waals surface area contributed by atoms with Gasteiger partial charge in [0, 0.05) is 18.2 Å². The molecule has 2 heterocycles. The molecule has 1 saturated heterocycles. The van der Waals surface area contributed by atoms with E-state index < -0.39 is 11.9 Å². The van der Waals surface area contributed by atoms with Gasteiger partial charge in [-0.25, -0.2) is 9.59 Å². The molecule has 1 aromatic carbocycles. The highest BCUT2D eigenvalue weighted by Gasteiger charge is 2.32. The molecular formula is C20H18N2O5. The number of ether oxygens (including phenoxy) is 1. The van der Waals surface area contributed by atoms with Crippen molar-refractivity contribution in [2.75, 3.05) is 13.2 Å². The second-order valence-corrected chi connectivity index (χ2v) is 5.69. The number of nitrogens with one attached hydrogen (secondary N) is 1. The SMILES string of the molecule is C=CCN1C(=O)N/C(=C/c2ccc(-c3ccc(C(=O)OCC)cc3)o2)C1=O. The van der Waals surface area contributed by atoms with Gasteiger partial charge in [0.05, 0.1) is 12.2 Å². The topological polar surface area (TPSA) is 88.8 Å². The van der Waals surface area contributed by atoms with Crippen LogP contribution in [0.3, 0.4) is 0 Å². The molecule has 0 atom stereocenters. The highest BCUT2D eigenvalue weighted by Crippen LogP contribution is 2.24. The monoisotopic (exact) mass is 366 g/mol. The summed E-state index contributed by atoms with van der Waals surface area (Å²) in [5.74, 6) is 0.172. The lowest BCUT2D eigenvalue weighted by molar-refractivity contribution is -0.122. The summed E-state index contributed by atoms with van der Waals surface area (Å²) in [7, 11) is 0. The standard InChI is InChI=1S/C20H18N2O5/c1-3-11-22-18(23)16(21-20(22)25)12-15-9-10-17(27-15)13-5-7-14(8-6-13)19(24)26-4-2/h3,5-10,12H,1,4,11H2,2H3,(H,21,25)/b16-12+. The lowest BCUT2D eigenvalue weighted by Gasteiger charge is -2.06. The molecule has 0 bridgehead atoms. The van der Waals surface area contributed by atoms with Gasteiger partial charge in [-0.15, -0.1) is 6.58 Å². The summed E-state index contributed by atoms with van der Waals surface area (Å²) in [6.45, 7) is 5.73. The van der Waals surface area contributed by atoms with Crippen LogP contribution in [0.5, 0.6) is 0 Å². The second kappa shape index (κ2) is 7.74. The molecule has 1 aliphatic heterocycles. The van der Waals surface area contributed by atoms with E-state index in [0.717, 1.165) is 10.5 Å². The third-order valence-electron chi connectivity index (χ3n) is 3.87. The number of nitrogens with zero attached hydrogens (tertiary/aromatic N) is 1. The van der Waals surface area contributed by atoms with E-state index in [1.54, 1.807) is 43.3 Å². The third-order valence-corrected chi connectivity index (χ3v) is 3.87. The highest BCUT2D eigenvalue weighted by molar-refractivity contribution is 6.13. The predicted molar refractivity (Wildman–Crippen MR) is 98.5 cm³/mol. The summed E-state index contributed by atoms with van der Waals surface area (Å²) in [5, 5.41) is 2.51. The Balaban J connectivity index is 1.77. The fourth-order valence-corrected chi connectivity index (χ4v) is 2.58. The number of imide groups is 1. The van der Waals surface area contributed by atoms with Crippen LogP contribution in [0.25, 0.3) is 17.4 Å². The number of hydrogen-bond donors (Lipinski definition) is 1. The fourth-order valence-electron chi connectivity index (χ4n) is 2.58. The molecule has 7 nitrogen and oxygen atoms in total. The van der Waals surface area contributed by atoms with Gasteiger partial charge < -0.3 is 14.5 Å². The van der Waals surface area contributed by atoms with Gasteiger partial charge in [0.1, 0.15) is 17.2 Å². The third kappa shape index (κ3) is 3.82. The lowest BCUT2D eigenvalue weighted by atomic mass is 10.1. The molecule has 7 heteroatoms. The Bertz CT molecular complexity index is 924. The molecule has 1 aromatic heterocycles. The van der Waals surface area contributed by atoms with Crippen molar-refractivity contribution in [3.63, 3.8) is 0 Å². The average Bonchev–Trinajstić information content (AvgIpc) is 3.23. The zero-order chi connectivity index (χ0) is 19.4. The number of furan rings is 1. The molecule has 27 heavy (non-hydrogen) atoms. The van der Waals surface area contributed by atoms with Crippen LogP contribution in [0.15, 0.2) is 59.2 Å². The maximum absolute atomic E-state index is 12.2. The molecule has 138 valence electrons. The van der Waals surface area contributed by atoms with E-state index in [-0.39, 0.29) is 18.2 Å². The largest absolute Gasteiger partial charge is 0.462 e. The Hall–Kier alpha value is -3.61. The van der Waals surface area contributed by atoms with Gasteiger partial charge in [0.15, 0.2) is 0 Å². The van der Waals surface area contributed by atoms with Gasteiger partial charge in [-0.1, -0.05) is 18.2 Å². The summed E-state index contributed by atoms with van der Waals surface area (Å²) >= 11 is 0. The maximum atomic E-state index is 12.2. The minimum Gasteiger partial charge on any atom is -0.462 e. The Morgan fingerprint density at radius 3 is 2.63 bits per heavy atom. The number of carbonyl (C=O) groups is 3. The van der Waals surface area contributed by atoms with Crippen LogP contribution in [0.2, 0.25) is 0 Å². The predicted octanol–water partition coefficient (Wildman–Crippen LogP) is 3.20. The Morgan fingerprint density at radius 2 is 1.96 bits per heavy atom. The number of hydrogen-bond acceptors (Lipinski definition) is 5. The molecule has 0 spiro atoms. The van der Waals surface area contributed by atoms with Crippen LogP contribution in [-0.4, -0.2) is 36.0 Å². The molecule has 0 radical (unpaired) electrons. The first-order valence-electron chi connectivity index (χ1n) is 8.36. The van der Waals surface area contributed by atoms with E-state index in [2.05, 4.69) is 11.9 Å². The number of amides is 3. The number of carbonyl (C=O) groups excluding carboxylic acids is 3. The minimum atomic E-state index is -0.493. The van der Waals surface area contributed by atoms with E-state index in [1.165, 1.54) is 12.2 Å². The number of esters is 1. The van der Waals surface area contributed by atoms with E-state index in [1.807, 2.05) is 0 Å². The van der Waals surface area contributed by atoms with E-state index >= 15 is 0 Å². The van der Waals surface area contributed by atoms with Crippen molar-refractivity contribution in [1.82, 2.24) is 10.2 Å². The van der Waals surface area contributed by atoms with E-state index in [0.29, 0.717) is 23.7 Å². The summed E-state index contributed by atoms with van der Waals surface area (Å²) in [6, 6.07) is 9.75. The summed E-state index contributed by atoms with van der Waals surface area (Å²) in [5.41, 5.74) is 1.36. The smallest absolute Gasteiger partial charge is 0.338 e. The summed E-state index contributed by atoms with van der Waals surface area (Å²) in [4.78, 5) is 36.7. The number of urea groups is 1. The van der Waals surface area contributed by atoms with Crippen molar-refractivity contribution in [3.05, 3.63) is 66.1 Å². The Morgan fingerprint density at radius 1 is 1.22 bits per heavy atom. The van der Waals surface area contributed by atoms with Crippen LogP contribution in [0, 0.1) is 0 Å². The molecule has 1 fully saturated rings. The molecule has 3 amide bonds. The molecular weight excluding hydrogens is 348 g/mol. The van der Waals surface area contributed by atoms with Crippen LogP contribution in [-0.2, 0) is 9.53 Å². The van der Waals surface area contributed by atoms with Crippen molar-refractivity contribution >= 4 is 24.0 Å². The van der Waals surface area contributed by atoms with Crippen LogP contribution in [0.1, 0.15) is 23.0 Å². The van der Waals surface area contributed by atoms with Crippen molar-refractivity contribution < 1.29 is 23.5 Å². The summed E-state index contributed by atoms with van der Waals surface area (Å²) in [6.07, 6.45) is 2.95. The Kier molecular flexibility index (Phi) is 5.21. The first-order valence-corrected chi connectivity index (χ1v) is 8.36. The van der Waals surface area contributed by atoms with Crippen molar-refractivity contribution in [3.8, 4) is 11.3 Å². The van der Waals surface area contributed by atoms with Gasteiger partial charge in [-0.05, 0) is 31.2 Å². The van der Waals surface area contributed by atoms with Gasteiger partial charge in [-0.3, -0.25) is 9.69 Å². The van der Waals surface area contributed by atoms with E-state index in [9.17, 15) is 14.4 Å². The van der Waals surface area contributed by atoms with Crippen molar-refractivity contribution in [1.29, 1.82) is 0 Å². The van der Waals surface area contributed by atoms with Gasteiger partial charge in [0.2, 0.25) is 0 Å². The molecule has 0 saturated carbocycles. The highest BCUT2D eigenvalue weighted by atomic mass is 16.5. The zero-order valence-corrected chi connectivity index (χ0v) is 14.7. The lowest BCUT2D eigenvalue weighted by Crippen LogP contribution is -2.30. The average molecular weight is 366 g/mol. The molecule has 3 rings (SSSR count). The Labute approximate surface area is 155 Å². The maximum Gasteiger partial charge on any atom is 0.338 e. The second-order valence-electron chi connectivity index (χ2n) is 5.69. The molecule has 1 N–H and O–H groups in total. The fraction of sp³-hybridized carbons (Fsp3) is 0.150. The van der Waals surface area contributed by atoms with Gasteiger partial charge >= 0.3 is 12.0 Å².